The summed E-state index contributed by atoms with van der Waals surface area (Å²) in [7, 11) is 0. The third kappa shape index (κ3) is 4.23. The van der Waals surface area contributed by atoms with Crippen molar-refractivity contribution in [3.63, 3.8) is 0 Å². The van der Waals surface area contributed by atoms with E-state index in [9.17, 15) is 4.79 Å². The van der Waals surface area contributed by atoms with Gasteiger partial charge >= 0.3 is 5.97 Å². The second kappa shape index (κ2) is 7.33. The summed E-state index contributed by atoms with van der Waals surface area (Å²) in [6.07, 6.45) is 3.50. The van der Waals surface area contributed by atoms with Crippen molar-refractivity contribution in [1.82, 2.24) is 4.98 Å². The molecule has 0 radical (unpaired) electrons. The second-order valence-electron chi connectivity index (χ2n) is 2.70. The Labute approximate surface area is 89.9 Å². The Balaban J connectivity index is 0.00000169. The number of ether oxygens (including phenoxy) is 1. The number of esters is 1. The quantitative estimate of drug-likeness (QED) is 0.572. The topological polar surface area (TPSA) is 39.2 Å². The summed E-state index contributed by atoms with van der Waals surface area (Å²) >= 11 is 0. The molecule has 0 N–H and O–H groups in total. The summed E-state index contributed by atoms with van der Waals surface area (Å²) in [4.78, 5) is 15.1. The molecular weight excluding hydrogens is 202 g/mol. The Bertz CT molecular complexity index is 264. The summed E-state index contributed by atoms with van der Waals surface area (Å²) < 4.78 is 4.97. The van der Waals surface area contributed by atoms with Gasteiger partial charge in [0.25, 0.3) is 0 Å². The van der Waals surface area contributed by atoms with Gasteiger partial charge in [0.2, 0.25) is 0 Å². The highest BCUT2D eigenvalue weighted by atomic mass is 35.5. The lowest BCUT2D eigenvalue weighted by Gasteiger charge is -2.01. The molecule has 0 unspecified atom stereocenters. The zero-order chi connectivity index (χ0) is 9.52. The fourth-order valence-corrected chi connectivity index (χ4v) is 0.867. The van der Waals surface area contributed by atoms with E-state index in [1.165, 1.54) is 0 Å². The van der Waals surface area contributed by atoms with Crippen LogP contribution in [0.2, 0.25) is 0 Å². The number of rotatable bonds is 4. The number of pyridine rings is 1. The molecular formula is C10H14ClNO2. The molecule has 4 heteroatoms. The van der Waals surface area contributed by atoms with Gasteiger partial charge < -0.3 is 4.74 Å². The average molecular weight is 216 g/mol. The SMILES string of the molecule is CCCCOC(=O)c1ccccn1.Cl. The first-order valence-corrected chi connectivity index (χ1v) is 4.42. The molecule has 0 saturated heterocycles. The maximum Gasteiger partial charge on any atom is 0.356 e. The van der Waals surface area contributed by atoms with Crippen LogP contribution in [0, 0.1) is 0 Å². The number of nitrogens with zero attached hydrogens (tertiary/aromatic N) is 1. The third-order valence-electron chi connectivity index (χ3n) is 1.61. The van der Waals surface area contributed by atoms with E-state index in [2.05, 4.69) is 11.9 Å². The maximum atomic E-state index is 11.2. The van der Waals surface area contributed by atoms with Crippen LogP contribution in [-0.2, 0) is 4.74 Å². The van der Waals surface area contributed by atoms with Gasteiger partial charge in [0.1, 0.15) is 5.69 Å². The van der Waals surface area contributed by atoms with Gasteiger partial charge in [0.15, 0.2) is 0 Å². The molecule has 0 aromatic carbocycles. The smallest absolute Gasteiger partial charge is 0.356 e. The number of hydrogen-bond donors (Lipinski definition) is 0. The van der Waals surface area contributed by atoms with Gasteiger partial charge in [-0.2, -0.15) is 0 Å². The summed E-state index contributed by atoms with van der Waals surface area (Å²) in [5.74, 6) is -0.339. The molecule has 0 bridgehead atoms. The highest BCUT2D eigenvalue weighted by Crippen LogP contribution is 1.97. The van der Waals surface area contributed by atoms with Crippen LogP contribution in [0.15, 0.2) is 24.4 Å². The molecule has 78 valence electrons. The lowest BCUT2D eigenvalue weighted by molar-refractivity contribution is 0.0493. The predicted molar refractivity (Wildman–Crippen MR) is 56.7 cm³/mol. The van der Waals surface area contributed by atoms with Crippen molar-refractivity contribution < 1.29 is 9.53 Å². The largest absolute Gasteiger partial charge is 0.461 e. The zero-order valence-corrected chi connectivity index (χ0v) is 8.92. The van der Waals surface area contributed by atoms with E-state index in [-0.39, 0.29) is 18.4 Å². The van der Waals surface area contributed by atoms with E-state index in [0.29, 0.717) is 12.3 Å². The fraction of sp³-hybridized carbons (Fsp3) is 0.400. The van der Waals surface area contributed by atoms with E-state index < -0.39 is 0 Å². The summed E-state index contributed by atoms with van der Waals surface area (Å²) in [6, 6.07) is 5.18. The molecule has 1 aromatic heterocycles. The minimum atomic E-state index is -0.339. The first kappa shape index (κ1) is 12.9. The van der Waals surface area contributed by atoms with Crippen LogP contribution in [-0.4, -0.2) is 17.6 Å². The monoisotopic (exact) mass is 215 g/mol. The number of halogens is 1. The summed E-state index contributed by atoms with van der Waals surface area (Å²) in [6.45, 7) is 2.53. The Hall–Kier alpha value is -1.09. The molecule has 1 heterocycles. The number of hydrogen-bond acceptors (Lipinski definition) is 3. The van der Waals surface area contributed by atoms with Crippen molar-refractivity contribution in [2.45, 2.75) is 19.8 Å². The van der Waals surface area contributed by atoms with Crippen molar-refractivity contribution in [3.8, 4) is 0 Å². The lowest BCUT2D eigenvalue weighted by Crippen LogP contribution is -2.07. The van der Waals surface area contributed by atoms with Gasteiger partial charge in [0, 0.05) is 6.20 Å². The molecule has 0 aliphatic rings. The summed E-state index contributed by atoms with van der Waals surface area (Å²) in [5.41, 5.74) is 0.374. The highest BCUT2D eigenvalue weighted by molar-refractivity contribution is 5.87. The molecule has 0 aliphatic carbocycles. The van der Waals surface area contributed by atoms with E-state index in [1.807, 2.05) is 0 Å². The minimum Gasteiger partial charge on any atom is -0.461 e. The van der Waals surface area contributed by atoms with Crippen LogP contribution in [0.1, 0.15) is 30.3 Å². The van der Waals surface area contributed by atoms with Crippen LogP contribution in [0.5, 0.6) is 0 Å². The molecule has 0 spiro atoms. The van der Waals surface area contributed by atoms with Crippen LogP contribution in [0.25, 0.3) is 0 Å². The Kier molecular flexibility index (Phi) is 6.76. The standard InChI is InChI=1S/C10H13NO2.ClH/c1-2-3-8-13-10(12)9-6-4-5-7-11-9;/h4-7H,2-3,8H2,1H3;1H. The van der Waals surface area contributed by atoms with Crippen molar-refractivity contribution in [1.29, 1.82) is 0 Å². The summed E-state index contributed by atoms with van der Waals surface area (Å²) in [5, 5.41) is 0. The number of carbonyl (C=O) groups excluding carboxylic acids is 1. The van der Waals surface area contributed by atoms with Gasteiger partial charge in [-0.3, -0.25) is 0 Å². The molecule has 3 nitrogen and oxygen atoms in total. The molecule has 0 amide bonds. The van der Waals surface area contributed by atoms with E-state index in [0.717, 1.165) is 12.8 Å². The lowest BCUT2D eigenvalue weighted by atomic mass is 10.3. The number of carbonyl (C=O) groups is 1. The Morgan fingerprint density at radius 1 is 1.50 bits per heavy atom. The minimum absolute atomic E-state index is 0. The predicted octanol–water partition coefficient (Wildman–Crippen LogP) is 2.46. The van der Waals surface area contributed by atoms with Crippen molar-refractivity contribution in [2.24, 2.45) is 0 Å². The zero-order valence-electron chi connectivity index (χ0n) is 8.10. The van der Waals surface area contributed by atoms with Gasteiger partial charge in [-0.05, 0) is 18.6 Å². The molecule has 1 rings (SSSR count). The Morgan fingerprint density at radius 2 is 2.29 bits per heavy atom. The molecule has 0 fully saturated rings. The molecule has 0 aliphatic heterocycles. The maximum absolute atomic E-state index is 11.2. The first-order valence-electron chi connectivity index (χ1n) is 4.42. The second-order valence-corrected chi connectivity index (χ2v) is 2.70. The van der Waals surface area contributed by atoms with Gasteiger partial charge in [-0.1, -0.05) is 19.4 Å². The van der Waals surface area contributed by atoms with Crippen molar-refractivity contribution in [2.75, 3.05) is 6.61 Å². The van der Waals surface area contributed by atoms with E-state index in [1.54, 1.807) is 24.4 Å². The third-order valence-corrected chi connectivity index (χ3v) is 1.61. The van der Waals surface area contributed by atoms with Crippen LogP contribution < -0.4 is 0 Å². The molecule has 0 atom stereocenters. The molecule has 14 heavy (non-hydrogen) atoms. The highest BCUT2D eigenvalue weighted by Gasteiger charge is 2.05. The van der Waals surface area contributed by atoms with Gasteiger partial charge in [0.05, 0.1) is 6.61 Å². The first-order chi connectivity index (χ1) is 6.34. The van der Waals surface area contributed by atoms with Crippen molar-refractivity contribution >= 4 is 18.4 Å². The van der Waals surface area contributed by atoms with E-state index in [4.69, 9.17) is 4.74 Å². The fourth-order valence-electron chi connectivity index (χ4n) is 0.867. The normalized spacial score (nSPS) is 8.93. The molecule has 1 aromatic rings. The van der Waals surface area contributed by atoms with Crippen LogP contribution in [0.4, 0.5) is 0 Å². The van der Waals surface area contributed by atoms with Crippen LogP contribution >= 0.6 is 12.4 Å². The van der Waals surface area contributed by atoms with Gasteiger partial charge in [-0.15, -0.1) is 12.4 Å². The van der Waals surface area contributed by atoms with Crippen LogP contribution in [0.3, 0.4) is 0 Å². The van der Waals surface area contributed by atoms with Gasteiger partial charge in [-0.25, -0.2) is 9.78 Å². The van der Waals surface area contributed by atoms with Crippen molar-refractivity contribution in [3.05, 3.63) is 30.1 Å². The molecule has 0 saturated carbocycles. The number of unbranched alkanes of at least 4 members (excludes halogenated alkanes) is 1. The van der Waals surface area contributed by atoms with E-state index >= 15 is 0 Å². The number of aromatic nitrogens is 1. The Morgan fingerprint density at radius 3 is 2.86 bits per heavy atom. The average Bonchev–Trinajstić information content (AvgIpc) is 2.19.